The van der Waals surface area contributed by atoms with Gasteiger partial charge in [-0.15, -0.1) is 0 Å². The third-order valence-electron chi connectivity index (χ3n) is 4.52. The Bertz CT molecular complexity index is 786. The zero-order chi connectivity index (χ0) is 28.6. The Morgan fingerprint density at radius 3 is 1.03 bits per heavy atom. The topological polar surface area (TPSA) is 9.23 Å². The molecular weight excluding hydrogens is 571 g/mol. The van der Waals surface area contributed by atoms with Crippen LogP contribution in [0.1, 0.15) is 0 Å². The second-order valence-corrected chi connectivity index (χ2v) is 6.88. The summed E-state index contributed by atoms with van der Waals surface area (Å²) >= 11 is 0. The third kappa shape index (κ3) is 3.77. The minimum atomic E-state index is -9.00. The summed E-state index contributed by atoms with van der Waals surface area (Å²) in [5.41, 5.74) is 0. The summed E-state index contributed by atoms with van der Waals surface area (Å²) in [6.07, 6.45) is -17.6. The Kier molecular flexibility index (Phi) is 7.20. The fourth-order valence-electron chi connectivity index (χ4n) is 2.29. The van der Waals surface area contributed by atoms with Crippen molar-refractivity contribution in [1.82, 2.24) is 0 Å². The molecule has 0 radical (unpaired) electrons. The van der Waals surface area contributed by atoms with Gasteiger partial charge in [0.25, 0.3) is 6.36 Å². The van der Waals surface area contributed by atoms with Crippen LogP contribution >= 0.6 is 0 Å². The summed E-state index contributed by atoms with van der Waals surface area (Å²) in [5, 5.41) is 0. The van der Waals surface area contributed by atoms with E-state index in [1.54, 1.807) is 0 Å². The van der Waals surface area contributed by atoms with Gasteiger partial charge in [-0.1, -0.05) is 0 Å². The first-order valence-corrected chi connectivity index (χ1v) is 7.88. The van der Waals surface area contributed by atoms with Crippen LogP contribution in [0.4, 0.5) is 92.2 Å². The molecule has 0 aliphatic carbocycles. The molecule has 0 spiro atoms. The Morgan fingerprint density at radius 2 is 0.686 bits per heavy atom. The predicted octanol–water partition coefficient (Wildman–Crippen LogP) is 6.71. The monoisotopic (exact) mass is 576 g/mol. The molecule has 0 saturated carbocycles. The Labute approximate surface area is 177 Å². The van der Waals surface area contributed by atoms with Crippen molar-refractivity contribution in [2.24, 2.45) is 0 Å². The molecule has 0 amide bonds. The molecule has 3 unspecified atom stereocenters. The molecule has 1 heterocycles. The van der Waals surface area contributed by atoms with Gasteiger partial charge in [-0.25, -0.2) is 22.0 Å². The van der Waals surface area contributed by atoms with Crippen LogP contribution in [0.15, 0.2) is 0 Å². The van der Waals surface area contributed by atoms with E-state index in [1.807, 2.05) is 0 Å². The first-order chi connectivity index (χ1) is 14.9. The van der Waals surface area contributed by atoms with E-state index >= 15 is 0 Å². The first-order valence-electron chi connectivity index (χ1n) is 7.88. The van der Waals surface area contributed by atoms with E-state index in [0.29, 0.717) is 0 Å². The van der Waals surface area contributed by atoms with Gasteiger partial charge in [-0.2, -0.15) is 70.2 Å². The van der Waals surface area contributed by atoms with Crippen LogP contribution in [0.25, 0.3) is 0 Å². The van der Waals surface area contributed by atoms with Crippen LogP contribution in [-0.2, 0) is 4.74 Å². The Morgan fingerprint density at radius 1 is 0.400 bits per heavy atom. The van der Waals surface area contributed by atoms with Gasteiger partial charge in [0.05, 0.1) is 0 Å². The SMILES string of the molecule is FC1C(F)C(F)(F)C(F)(F)C(F)(F)C(F)(F)C(F)(F)C(F)(F)C(F)(F)C(F)(F)C(F)OCC1(F)F. The van der Waals surface area contributed by atoms with Crippen molar-refractivity contribution in [3.05, 3.63) is 0 Å². The average molecular weight is 576 g/mol. The van der Waals surface area contributed by atoms with E-state index in [2.05, 4.69) is 4.74 Å². The van der Waals surface area contributed by atoms with Gasteiger partial charge in [0, 0.05) is 0 Å². The van der Waals surface area contributed by atoms with Crippen molar-refractivity contribution in [2.75, 3.05) is 6.61 Å². The van der Waals surface area contributed by atoms with Crippen molar-refractivity contribution < 1.29 is 96.9 Å². The maximum Gasteiger partial charge on any atom is 0.385 e. The van der Waals surface area contributed by atoms with E-state index < -0.39 is 78.6 Å². The molecule has 35 heavy (non-hydrogen) atoms. The molecule has 0 bridgehead atoms. The first kappa shape index (κ1) is 31.5. The van der Waals surface area contributed by atoms with Gasteiger partial charge in [-0.3, -0.25) is 0 Å². The molecule has 0 aromatic carbocycles. The molecule has 1 rings (SSSR count). The maximum absolute atomic E-state index is 13.5. The van der Waals surface area contributed by atoms with Gasteiger partial charge in [0.15, 0.2) is 0 Å². The highest BCUT2D eigenvalue weighted by atomic mass is 19.4. The van der Waals surface area contributed by atoms with Crippen molar-refractivity contribution in [3.63, 3.8) is 0 Å². The standard InChI is InChI=1S/C13H5F21O/c14-2-3(15)6(19,20)8(23,24)10(27,28)12(31,32)13(33,34)11(29,30)9(25,26)7(21,22)4(16)35-1-5(2,17)18/h2-4H,1H2. The molecule has 3 atom stereocenters. The third-order valence-corrected chi connectivity index (χ3v) is 4.52. The molecule has 1 saturated heterocycles. The number of halogens is 21. The zero-order valence-electron chi connectivity index (χ0n) is 15.3. The number of hydrogen-bond donors (Lipinski definition) is 0. The van der Waals surface area contributed by atoms with Crippen LogP contribution in [0.2, 0.25) is 0 Å². The molecular formula is C13H5F21O. The van der Waals surface area contributed by atoms with Gasteiger partial charge < -0.3 is 4.74 Å². The molecule has 210 valence electrons. The minimum absolute atomic E-state index is 2.45. The maximum atomic E-state index is 13.5. The van der Waals surface area contributed by atoms with E-state index in [9.17, 15) is 92.2 Å². The number of rotatable bonds is 0. The molecule has 0 N–H and O–H groups in total. The van der Waals surface area contributed by atoms with Gasteiger partial charge in [-0.05, 0) is 0 Å². The lowest BCUT2D eigenvalue weighted by Gasteiger charge is -2.44. The lowest BCUT2D eigenvalue weighted by Crippen LogP contribution is -2.76. The summed E-state index contributed by atoms with van der Waals surface area (Å²) in [6.45, 7) is -3.68. The van der Waals surface area contributed by atoms with Crippen molar-refractivity contribution >= 4 is 0 Å². The summed E-state index contributed by atoms with van der Waals surface area (Å²) < 4.78 is 284. The molecule has 1 aliphatic heterocycles. The summed E-state index contributed by atoms with van der Waals surface area (Å²) in [7, 11) is 0. The summed E-state index contributed by atoms with van der Waals surface area (Å²) in [4.78, 5) is 0. The normalized spacial score (nSPS) is 37.1. The van der Waals surface area contributed by atoms with Gasteiger partial charge in [0.2, 0.25) is 12.3 Å². The number of hydrogen-bond acceptors (Lipinski definition) is 1. The fourth-order valence-corrected chi connectivity index (χ4v) is 2.29. The van der Waals surface area contributed by atoms with E-state index in [1.165, 1.54) is 0 Å². The van der Waals surface area contributed by atoms with E-state index in [0.717, 1.165) is 0 Å². The summed E-state index contributed by atoms with van der Waals surface area (Å²) in [5.74, 6) is -74.6. The smallest absolute Gasteiger partial charge is 0.337 e. The zero-order valence-corrected chi connectivity index (χ0v) is 15.3. The minimum Gasteiger partial charge on any atom is -0.337 e. The van der Waals surface area contributed by atoms with E-state index in [-0.39, 0.29) is 0 Å². The van der Waals surface area contributed by atoms with Crippen molar-refractivity contribution in [3.8, 4) is 0 Å². The molecule has 22 heteroatoms. The average Bonchev–Trinajstić information content (AvgIpc) is 2.68. The predicted molar refractivity (Wildman–Crippen MR) is 65.2 cm³/mol. The second kappa shape index (κ2) is 7.99. The lowest BCUT2D eigenvalue weighted by molar-refractivity contribution is -0.464. The quantitative estimate of drug-likeness (QED) is 0.292. The molecule has 0 aromatic rings. The van der Waals surface area contributed by atoms with Crippen molar-refractivity contribution in [1.29, 1.82) is 0 Å². The molecule has 1 fully saturated rings. The lowest BCUT2D eigenvalue weighted by atomic mass is 9.85. The van der Waals surface area contributed by atoms with E-state index in [4.69, 9.17) is 0 Å². The van der Waals surface area contributed by atoms with Crippen LogP contribution in [-0.4, -0.2) is 78.6 Å². The second-order valence-electron chi connectivity index (χ2n) is 6.88. The highest BCUT2D eigenvalue weighted by Crippen LogP contribution is 2.65. The van der Waals surface area contributed by atoms with Gasteiger partial charge >= 0.3 is 53.3 Å². The van der Waals surface area contributed by atoms with Gasteiger partial charge in [0.1, 0.15) is 6.61 Å². The largest absolute Gasteiger partial charge is 0.385 e. The Balaban J connectivity index is 4.09. The fraction of sp³-hybridized carbons (Fsp3) is 1.00. The van der Waals surface area contributed by atoms with Crippen LogP contribution in [0, 0.1) is 0 Å². The number of alkyl halides is 21. The highest BCUT2D eigenvalue weighted by molar-refractivity contribution is 5.17. The van der Waals surface area contributed by atoms with Crippen LogP contribution < -0.4 is 0 Å². The molecule has 1 aliphatic rings. The molecule has 0 aromatic heterocycles. The van der Waals surface area contributed by atoms with Crippen molar-refractivity contribution in [2.45, 2.75) is 72.0 Å². The Hall–Kier alpha value is -1.51. The summed E-state index contributed by atoms with van der Waals surface area (Å²) in [6, 6.07) is 0. The molecule has 1 nitrogen and oxygen atoms in total. The van der Waals surface area contributed by atoms with Crippen LogP contribution in [0.3, 0.4) is 0 Å². The highest BCUT2D eigenvalue weighted by Gasteiger charge is 2.96. The van der Waals surface area contributed by atoms with Crippen LogP contribution in [0.5, 0.6) is 0 Å². The number of ether oxygens (including phenoxy) is 1.